The average molecular weight is 183 g/mol. The first kappa shape index (κ1) is 11.0. The minimum atomic E-state index is 0.907. The van der Waals surface area contributed by atoms with E-state index in [0.717, 1.165) is 17.8 Å². The van der Waals surface area contributed by atoms with Crippen LogP contribution in [-0.4, -0.2) is 25.5 Å². The second-order valence-corrected chi connectivity index (χ2v) is 5.28. The highest BCUT2D eigenvalue weighted by molar-refractivity contribution is 4.77. The molecule has 1 aliphatic rings. The van der Waals surface area contributed by atoms with Crippen LogP contribution in [0.4, 0.5) is 0 Å². The molecule has 0 aromatic carbocycles. The first-order chi connectivity index (χ1) is 6.09. The van der Waals surface area contributed by atoms with Crippen LogP contribution in [0.2, 0.25) is 0 Å². The van der Waals surface area contributed by atoms with Crippen molar-refractivity contribution in [1.29, 1.82) is 0 Å². The van der Waals surface area contributed by atoms with Gasteiger partial charge in [0.1, 0.15) is 0 Å². The van der Waals surface area contributed by atoms with E-state index in [1.165, 1.54) is 32.2 Å². The SMILES string of the molecule is CC(C)C1CCC(CCN(C)C)C1. The summed E-state index contributed by atoms with van der Waals surface area (Å²) in [5.74, 6) is 2.95. The van der Waals surface area contributed by atoms with Crippen LogP contribution in [0.1, 0.15) is 39.5 Å². The fourth-order valence-corrected chi connectivity index (χ4v) is 2.42. The fourth-order valence-electron chi connectivity index (χ4n) is 2.42. The predicted molar refractivity (Wildman–Crippen MR) is 58.8 cm³/mol. The molecular weight excluding hydrogens is 158 g/mol. The number of hydrogen-bond donors (Lipinski definition) is 0. The molecule has 2 unspecified atom stereocenters. The lowest BCUT2D eigenvalue weighted by Crippen LogP contribution is -2.16. The van der Waals surface area contributed by atoms with Gasteiger partial charge in [-0.3, -0.25) is 0 Å². The molecule has 0 bridgehead atoms. The quantitative estimate of drug-likeness (QED) is 0.647. The Hall–Kier alpha value is -0.0400. The Labute approximate surface area is 83.5 Å². The molecule has 0 N–H and O–H groups in total. The second kappa shape index (κ2) is 4.99. The molecule has 0 aromatic heterocycles. The van der Waals surface area contributed by atoms with Crippen LogP contribution in [0.25, 0.3) is 0 Å². The third kappa shape index (κ3) is 3.68. The van der Waals surface area contributed by atoms with E-state index in [4.69, 9.17) is 0 Å². The average Bonchev–Trinajstić information content (AvgIpc) is 2.48. The molecule has 0 amide bonds. The molecule has 0 saturated heterocycles. The van der Waals surface area contributed by atoms with Gasteiger partial charge in [0.05, 0.1) is 0 Å². The largest absolute Gasteiger partial charge is 0.309 e. The zero-order valence-corrected chi connectivity index (χ0v) is 9.71. The third-order valence-electron chi connectivity index (χ3n) is 3.51. The lowest BCUT2D eigenvalue weighted by molar-refractivity contribution is 0.331. The van der Waals surface area contributed by atoms with E-state index in [1.807, 2.05) is 0 Å². The van der Waals surface area contributed by atoms with Crippen molar-refractivity contribution in [3.8, 4) is 0 Å². The summed E-state index contributed by atoms with van der Waals surface area (Å²) in [5.41, 5.74) is 0. The van der Waals surface area contributed by atoms with Crippen molar-refractivity contribution in [2.45, 2.75) is 39.5 Å². The Kier molecular flexibility index (Phi) is 4.24. The van der Waals surface area contributed by atoms with Gasteiger partial charge in [-0.25, -0.2) is 0 Å². The van der Waals surface area contributed by atoms with Crippen LogP contribution in [0, 0.1) is 17.8 Å². The smallest absolute Gasteiger partial charge is 0.00222 e. The molecule has 1 nitrogen and oxygen atoms in total. The first-order valence-electron chi connectivity index (χ1n) is 5.74. The fraction of sp³-hybridized carbons (Fsp3) is 1.00. The van der Waals surface area contributed by atoms with Gasteiger partial charge in [0, 0.05) is 0 Å². The third-order valence-corrected chi connectivity index (χ3v) is 3.51. The molecule has 1 fully saturated rings. The van der Waals surface area contributed by atoms with Crippen LogP contribution in [0.5, 0.6) is 0 Å². The van der Waals surface area contributed by atoms with Gasteiger partial charge in [0.15, 0.2) is 0 Å². The Balaban J connectivity index is 2.17. The van der Waals surface area contributed by atoms with Crippen LogP contribution in [0.15, 0.2) is 0 Å². The van der Waals surface area contributed by atoms with Gasteiger partial charge in [-0.1, -0.05) is 20.3 Å². The molecule has 0 aromatic rings. The molecular formula is C12H25N. The summed E-state index contributed by atoms with van der Waals surface area (Å²) >= 11 is 0. The summed E-state index contributed by atoms with van der Waals surface area (Å²) in [5, 5.41) is 0. The highest BCUT2D eigenvalue weighted by atomic mass is 15.0. The molecule has 0 aliphatic heterocycles. The van der Waals surface area contributed by atoms with Crippen LogP contribution >= 0.6 is 0 Å². The predicted octanol–water partition coefficient (Wildman–Crippen LogP) is 3.01. The van der Waals surface area contributed by atoms with Gasteiger partial charge in [-0.05, 0) is 57.7 Å². The Morgan fingerprint density at radius 1 is 1.23 bits per heavy atom. The van der Waals surface area contributed by atoms with E-state index < -0.39 is 0 Å². The monoisotopic (exact) mass is 183 g/mol. The van der Waals surface area contributed by atoms with Gasteiger partial charge in [0.2, 0.25) is 0 Å². The topological polar surface area (TPSA) is 3.24 Å². The summed E-state index contributed by atoms with van der Waals surface area (Å²) in [6.45, 7) is 6.02. The van der Waals surface area contributed by atoms with E-state index in [1.54, 1.807) is 0 Å². The Morgan fingerprint density at radius 3 is 2.38 bits per heavy atom. The molecule has 1 aliphatic carbocycles. The van der Waals surface area contributed by atoms with Crippen molar-refractivity contribution in [2.75, 3.05) is 20.6 Å². The number of hydrogen-bond acceptors (Lipinski definition) is 1. The molecule has 0 spiro atoms. The van der Waals surface area contributed by atoms with Gasteiger partial charge >= 0.3 is 0 Å². The van der Waals surface area contributed by atoms with Gasteiger partial charge < -0.3 is 4.90 Å². The highest BCUT2D eigenvalue weighted by Crippen LogP contribution is 2.37. The lowest BCUT2D eigenvalue weighted by Gasteiger charge is -2.16. The minimum Gasteiger partial charge on any atom is -0.309 e. The van der Waals surface area contributed by atoms with E-state index in [2.05, 4.69) is 32.8 Å². The molecule has 2 atom stereocenters. The summed E-state index contributed by atoms with van der Waals surface area (Å²) in [7, 11) is 4.35. The molecule has 0 heterocycles. The first-order valence-corrected chi connectivity index (χ1v) is 5.74. The van der Waals surface area contributed by atoms with E-state index in [-0.39, 0.29) is 0 Å². The second-order valence-electron chi connectivity index (χ2n) is 5.28. The highest BCUT2D eigenvalue weighted by Gasteiger charge is 2.26. The van der Waals surface area contributed by atoms with E-state index in [0.29, 0.717) is 0 Å². The van der Waals surface area contributed by atoms with Crippen molar-refractivity contribution < 1.29 is 0 Å². The van der Waals surface area contributed by atoms with Crippen LogP contribution in [-0.2, 0) is 0 Å². The van der Waals surface area contributed by atoms with Crippen molar-refractivity contribution in [1.82, 2.24) is 4.90 Å². The zero-order valence-electron chi connectivity index (χ0n) is 9.71. The lowest BCUT2D eigenvalue weighted by atomic mass is 9.93. The number of rotatable bonds is 4. The molecule has 1 heteroatoms. The minimum absolute atomic E-state index is 0.907. The Bertz CT molecular complexity index is 140. The summed E-state index contributed by atoms with van der Waals surface area (Å²) < 4.78 is 0. The summed E-state index contributed by atoms with van der Waals surface area (Å²) in [4.78, 5) is 2.31. The molecule has 0 radical (unpaired) electrons. The molecule has 78 valence electrons. The van der Waals surface area contributed by atoms with Crippen LogP contribution < -0.4 is 0 Å². The normalized spacial score (nSPS) is 29.1. The molecule has 1 saturated carbocycles. The summed E-state index contributed by atoms with van der Waals surface area (Å²) in [6, 6.07) is 0. The maximum absolute atomic E-state index is 2.37. The molecule has 13 heavy (non-hydrogen) atoms. The van der Waals surface area contributed by atoms with Gasteiger partial charge in [0.25, 0.3) is 0 Å². The zero-order chi connectivity index (χ0) is 9.84. The van der Waals surface area contributed by atoms with Crippen molar-refractivity contribution in [2.24, 2.45) is 17.8 Å². The maximum atomic E-state index is 2.37. The standard InChI is InChI=1S/C12H25N/c1-10(2)12-6-5-11(9-12)7-8-13(3)4/h10-12H,5-9H2,1-4H3. The van der Waals surface area contributed by atoms with Gasteiger partial charge in [-0.15, -0.1) is 0 Å². The van der Waals surface area contributed by atoms with E-state index in [9.17, 15) is 0 Å². The Morgan fingerprint density at radius 2 is 1.92 bits per heavy atom. The number of nitrogens with zero attached hydrogens (tertiary/aromatic N) is 1. The summed E-state index contributed by atoms with van der Waals surface area (Å²) in [6.07, 6.45) is 5.87. The maximum Gasteiger partial charge on any atom is -0.00222 e. The van der Waals surface area contributed by atoms with Crippen molar-refractivity contribution >= 4 is 0 Å². The van der Waals surface area contributed by atoms with Crippen molar-refractivity contribution in [3.63, 3.8) is 0 Å². The van der Waals surface area contributed by atoms with Crippen molar-refractivity contribution in [3.05, 3.63) is 0 Å². The molecule has 1 rings (SSSR count). The van der Waals surface area contributed by atoms with Gasteiger partial charge in [-0.2, -0.15) is 0 Å². The van der Waals surface area contributed by atoms with E-state index >= 15 is 0 Å². The van der Waals surface area contributed by atoms with Crippen LogP contribution in [0.3, 0.4) is 0 Å².